The van der Waals surface area contributed by atoms with Gasteiger partial charge < -0.3 is 15.8 Å². The molecule has 0 aliphatic heterocycles. The van der Waals surface area contributed by atoms with Crippen LogP contribution in [0.2, 0.25) is 0 Å². The standard InChI is InChI=1S/C14H26N2O2/c1-13(2,3)18-12(17)16-9-11-6-14(7-11)4-10(5-14)8-15/h10-11H,4-9,15H2,1-3H3,(H,16,17). The second-order valence-electron chi connectivity index (χ2n) is 7.17. The number of amides is 1. The number of nitrogens with two attached hydrogens (primary N) is 1. The number of carbonyl (C=O) groups excluding carboxylic acids is 1. The van der Waals surface area contributed by atoms with Gasteiger partial charge in [-0.15, -0.1) is 0 Å². The first kappa shape index (κ1) is 13.7. The maximum atomic E-state index is 11.5. The van der Waals surface area contributed by atoms with Gasteiger partial charge in [-0.05, 0) is 70.3 Å². The zero-order valence-corrected chi connectivity index (χ0v) is 11.8. The molecule has 0 bridgehead atoms. The topological polar surface area (TPSA) is 64.3 Å². The third kappa shape index (κ3) is 3.16. The van der Waals surface area contributed by atoms with Gasteiger partial charge in [0.25, 0.3) is 0 Å². The molecule has 0 aromatic rings. The summed E-state index contributed by atoms with van der Waals surface area (Å²) in [5.41, 5.74) is 5.83. The van der Waals surface area contributed by atoms with E-state index in [4.69, 9.17) is 10.5 Å². The van der Waals surface area contributed by atoms with Crippen LogP contribution in [0, 0.1) is 17.3 Å². The predicted octanol–water partition coefficient (Wildman–Crippen LogP) is 2.28. The van der Waals surface area contributed by atoms with Crippen LogP contribution in [0.5, 0.6) is 0 Å². The lowest BCUT2D eigenvalue weighted by Gasteiger charge is -2.58. The number of hydrogen-bond acceptors (Lipinski definition) is 3. The Bertz CT molecular complexity index is 308. The van der Waals surface area contributed by atoms with Gasteiger partial charge in [-0.25, -0.2) is 4.79 Å². The van der Waals surface area contributed by atoms with Gasteiger partial charge in [0.05, 0.1) is 0 Å². The summed E-state index contributed by atoms with van der Waals surface area (Å²) in [6.45, 7) is 7.23. The Morgan fingerprint density at radius 1 is 1.28 bits per heavy atom. The largest absolute Gasteiger partial charge is 0.444 e. The number of carbonyl (C=O) groups is 1. The molecule has 2 aliphatic carbocycles. The minimum Gasteiger partial charge on any atom is -0.444 e. The normalized spacial score (nSPS) is 34.7. The van der Waals surface area contributed by atoms with Crippen molar-refractivity contribution in [2.24, 2.45) is 23.0 Å². The fourth-order valence-corrected chi connectivity index (χ4v) is 3.52. The van der Waals surface area contributed by atoms with E-state index in [1.54, 1.807) is 0 Å². The first-order chi connectivity index (χ1) is 8.32. The molecule has 2 aliphatic rings. The number of nitrogens with one attached hydrogen (secondary N) is 1. The lowest BCUT2D eigenvalue weighted by Crippen LogP contribution is -2.52. The molecule has 4 heteroatoms. The molecule has 4 nitrogen and oxygen atoms in total. The van der Waals surface area contributed by atoms with E-state index >= 15 is 0 Å². The van der Waals surface area contributed by atoms with Gasteiger partial charge in [-0.1, -0.05) is 0 Å². The summed E-state index contributed by atoms with van der Waals surface area (Å²) in [6.07, 6.45) is 4.80. The molecule has 0 unspecified atom stereocenters. The van der Waals surface area contributed by atoms with E-state index in [0.717, 1.165) is 19.0 Å². The predicted molar refractivity (Wildman–Crippen MR) is 71.2 cm³/mol. The monoisotopic (exact) mass is 254 g/mol. The Hall–Kier alpha value is -0.770. The van der Waals surface area contributed by atoms with Crippen molar-refractivity contribution in [2.75, 3.05) is 13.1 Å². The molecule has 0 atom stereocenters. The Balaban J connectivity index is 1.59. The van der Waals surface area contributed by atoms with Crippen LogP contribution in [-0.2, 0) is 4.74 Å². The Labute approximate surface area is 110 Å². The molecule has 104 valence electrons. The number of alkyl carbamates (subject to hydrolysis) is 1. The summed E-state index contributed by atoms with van der Waals surface area (Å²) in [7, 11) is 0. The molecule has 0 heterocycles. The van der Waals surface area contributed by atoms with Crippen LogP contribution in [0.1, 0.15) is 46.5 Å². The van der Waals surface area contributed by atoms with Crippen LogP contribution >= 0.6 is 0 Å². The number of hydrogen-bond donors (Lipinski definition) is 2. The van der Waals surface area contributed by atoms with Crippen LogP contribution < -0.4 is 11.1 Å². The molecule has 0 saturated heterocycles. The van der Waals surface area contributed by atoms with Crippen molar-refractivity contribution < 1.29 is 9.53 Å². The van der Waals surface area contributed by atoms with E-state index in [1.165, 1.54) is 25.7 Å². The first-order valence-electron chi connectivity index (χ1n) is 6.99. The van der Waals surface area contributed by atoms with E-state index in [1.807, 2.05) is 20.8 Å². The van der Waals surface area contributed by atoms with Gasteiger partial charge >= 0.3 is 6.09 Å². The van der Waals surface area contributed by atoms with Crippen LogP contribution in [0.4, 0.5) is 4.79 Å². The zero-order valence-electron chi connectivity index (χ0n) is 11.8. The molecule has 2 fully saturated rings. The van der Waals surface area contributed by atoms with Gasteiger partial charge in [0.2, 0.25) is 0 Å². The highest BCUT2D eigenvalue weighted by molar-refractivity contribution is 5.67. The van der Waals surface area contributed by atoms with Crippen molar-refractivity contribution in [1.82, 2.24) is 5.32 Å². The molecule has 0 radical (unpaired) electrons. The number of rotatable bonds is 3. The summed E-state index contributed by atoms with van der Waals surface area (Å²) in [5, 5.41) is 2.87. The Morgan fingerprint density at radius 2 is 1.83 bits per heavy atom. The summed E-state index contributed by atoms with van der Waals surface area (Å²) < 4.78 is 5.22. The SMILES string of the molecule is CC(C)(C)OC(=O)NCC1CC2(CC(CN)C2)C1. The van der Waals surface area contributed by atoms with Gasteiger partial charge in [-0.2, -0.15) is 0 Å². The van der Waals surface area contributed by atoms with Crippen LogP contribution in [0.3, 0.4) is 0 Å². The molecule has 18 heavy (non-hydrogen) atoms. The van der Waals surface area contributed by atoms with E-state index in [0.29, 0.717) is 11.3 Å². The van der Waals surface area contributed by atoms with E-state index in [-0.39, 0.29) is 6.09 Å². The lowest BCUT2D eigenvalue weighted by atomic mass is 9.48. The van der Waals surface area contributed by atoms with Crippen LogP contribution in [0.15, 0.2) is 0 Å². The Morgan fingerprint density at radius 3 is 2.33 bits per heavy atom. The molecule has 1 spiro atoms. The third-order valence-corrected chi connectivity index (χ3v) is 4.15. The molecular weight excluding hydrogens is 228 g/mol. The van der Waals surface area contributed by atoms with Gasteiger partial charge in [0, 0.05) is 6.54 Å². The van der Waals surface area contributed by atoms with Crippen molar-refractivity contribution in [3.63, 3.8) is 0 Å². The van der Waals surface area contributed by atoms with Gasteiger partial charge in [0.15, 0.2) is 0 Å². The highest BCUT2D eigenvalue weighted by Crippen LogP contribution is 2.60. The van der Waals surface area contributed by atoms with Crippen molar-refractivity contribution in [1.29, 1.82) is 0 Å². The molecule has 0 aromatic carbocycles. The highest BCUT2D eigenvalue weighted by atomic mass is 16.6. The molecule has 0 aromatic heterocycles. The van der Waals surface area contributed by atoms with Gasteiger partial charge in [-0.3, -0.25) is 0 Å². The zero-order chi connectivity index (χ0) is 13.4. The van der Waals surface area contributed by atoms with E-state index in [2.05, 4.69) is 5.32 Å². The maximum Gasteiger partial charge on any atom is 0.407 e. The molecule has 3 N–H and O–H groups in total. The van der Waals surface area contributed by atoms with Crippen LogP contribution in [0.25, 0.3) is 0 Å². The minimum absolute atomic E-state index is 0.295. The van der Waals surface area contributed by atoms with Crippen molar-refractivity contribution in [2.45, 2.75) is 52.1 Å². The summed E-state index contributed by atoms with van der Waals surface area (Å²) in [6, 6.07) is 0. The number of ether oxygens (including phenoxy) is 1. The van der Waals surface area contributed by atoms with Crippen LogP contribution in [-0.4, -0.2) is 24.8 Å². The average Bonchev–Trinajstić information content (AvgIpc) is 2.10. The van der Waals surface area contributed by atoms with Crippen molar-refractivity contribution in [3.8, 4) is 0 Å². The highest BCUT2D eigenvalue weighted by Gasteiger charge is 2.51. The molecular formula is C14H26N2O2. The summed E-state index contributed by atoms with van der Waals surface area (Å²) in [4.78, 5) is 11.5. The average molecular weight is 254 g/mol. The van der Waals surface area contributed by atoms with E-state index < -0.39 is 5.60 Å². The summed E-state index contributed by atoms with van der Waals surface area (Å²) >= 11 is 0. The minimum atomic E-state index is -0.409. The second kappa shape index (κ2) is 4.72. The fraction of sp³-hybridized carbons (Fsp3) is 0.929. The molecule has 2 rings (SSSR count). The quantitative estimate of drug-likeness (QED) is 0.812. The molecule has 1 amide bonds. The van der Waals surface area contributed by atoms with Crippen molar-refractivity contribution in [3.05, 3.63) is 0 Å². The van der Waals surface area contributed by atoms with E-state index in [9.17, 15) is 4.79 Å². The molecule has 2 saturated carbocycles. The van der Waals surface area contributed by atoms with Gasteiger partial charge in [0.1, 0.15) is 5.60 Å². The summed E-state index contributed by atoms with van der Waals surface area (Å²) in [5.74, 6) is 1.39. The third-order valence-electron chi connectivity index (χ3n) is 4.15. The fourth-order valence-electron chi connectivity index (χ4n) is 3.52. The smallest absolute Gasteiger partial charge is 0.407 e. The first-order valence-corrected chi connectivity index (χ1v) is 6.99. The lowest BCUT2D eigenvalue weighted by molar-refractivity contribution is -0.0640. The Kier molecular flexibility index (Phi) is 3.58. The second-order valence-corrected chi connectivity index (χ2v) is 7.17. The maximum absolute atomic E-state index is 11.5. The van der Waals surface area contributed by atoms with Crippen molar-refractivity contribution >= 4 is 6.09 Å².